The lowest BCUT2D eigenvalue weighted by Crippen LogP contribution is -2.59. The van der Waals surface area contributed by atoms with Gasteiger partial charge in [-0.2, -0.15) is 0 Å². The van der Waals surface area contributed by atoms with Gasteiger partial charge in [0, 0.05) is 81.1 Å². The molecule has 15 nitrogen and oxygen atoms in total. The van der Waals surface area contributed by atoms with E-state index in [2.05, 4.69) is 40.3 Å². The summed E-state index contributed by atoms with van der Waals surface area (Å²) in [5.74, 6) is -2.19. The van der Waals surface area contributed by atoms with Crippen LogP contribution in [0.15, 0.2) is 59.7 Å². The molecule has 4 aromatic rings. The van der Waals surface area contributed by atoms with Crippen LogP contribution in [0, 0.1) is 5.41 Å². The van der Waals surface area contributed by atoms with E-state index in [4.69, 9.17) is 0 Å². The van der Waals surface area contributed by atoms with Crippen LogP contribution in [0.2, 0.25) is 0 Å². The zero-order chi connectivity index (χ0) is 39.4. The Kier molecular flexibility index (Phi) is 9.34. The van der Waals surface area contributed by atoms with Gasteiger partial charge in [-0.05, 0) is 86.6 Å². The largest absolute Gasteiger partial charge is 0.370 e. The number of H-pyrrole nitrogens is 1. The number of aryl methyl sites for hydroxylation is 1. The maximum atomic E-state index is 13.3. The van der Waals surface area contributed by atoms with Crippen molar-refractivity contribution in [2.75, 3.05) is 49.1 Å². The predicted molar refractivity (Wildman–Crippen MR) is 211 cm³/mol. The number of benzene rings is 1. The van der Waals surface area contributed by atoms with Gasteiger partial charge in [-0.15, -0.1) is 0 Å². The SMILES string of the molecule is CCc1cc2ncc(CN3CCN(c4ccc(C(=O)NC5CCC6(CC5)CN(c5ccc7c(c5)C(=O)N(C5CCC(=O)NC5=O)C7=O)C6)nc4)CC3)cc2[nH]c1=O. The van der Waals surface area contributed by atoms with E-state index in [-0.39, 0.29) is 46.9 Å². The lowest BCUT2D eigenvalue weighted by atomic mass is 9.67. The van der Waals surface area contributed by atoms with Gasteiger partial charge in [0.15, 0.2) is 0 Å². The topological polar surface area (TPSA) is 181 Å². The van der Waals surface area contributed by atoms with Crippen molar-refractivity contribution in [3.63, 3.8) is 0 Å². The van der Waals surface area contributed by atoms with Crippen molar-refractivity contribution in [1.29, 1.82) is 0 Å². The molecule has 3 saturated heterocycles. The normalized spacial score (nSPS) is 21.2. The van der Waals surface area contributed by atoms with Crippen LogP contribution >= 0.6 is 0 Å². The van der Waals surface area contributed by atoms with Gasteiger partial charge in [-0.25, -0.2) is 4.98 Å². The van der Waals surface area contributed by atoms with E-state index in [1.165, 1.54) is 0 Å². The molecule has 0 bridgehead atoms. The van der Waals surface area contributed by atoms with Gasteiger partial charge in [-0.3, -0.25) is 48.9 Å². The zero-order valence-electron chi connectivity index (χ0n) is 31.9. The maximum absolute atomic E-state index is 13.3. The van der Waals surface area contributed by atoms with Gasteiger partial charge in [0.25, 0.3) is 23.3 Å². The number of piperidine rings is 1. The molecule has 9 rings (SSSR count). The number of piperazine rings is 1. The second-order valence-corrected chi connectivity index (χ2v) is 16.2. The van der Waals surface area contributed by atoms with Crippen molar-refractivity contribution in [1.82, 2.24) is 35.4 Å². The highest BCUT2D eigenvalue weighted by atomic mass is 16.2. The summed E-state index contributed by atoms with van der Waals surface area (Å²) in [4.78, 5) is 95.9. The van der Waals surface area contributed by atoms with Gasteiger partial charge in [-0.1, -0.05) is 6.92 Å². The number of amides is 5. The van der Waals surface area contributed by atoms with Crippen LogP contribution in [0.1, 0.15) is 87.8 Å². The lowest BCUT2D eigenvalue weighted by Gasteiger charge is -2.54. The Hall–Kier alpha value is -5.96. The molecule has 5 aliphatic rings. The highest BCUT2D eigenvalue weighted by Crippen LogP contribution is 2.46. The fraction of sp³-hybridized carbons (Fsp3) is 0.429. The first kappa shape index (κ1) is 36.7. The van der Waals surface area contributed by atoms with E-state index >= 15 is 0 Å². The highest BCUT2D eigenvalue weighted by molar-refractivity contribution is 6.23. The number of anilines is 2. The summed E-state index contributed by atoms with van der Waals surface area (Å²) in [6, 6.07) is 12.0. The molecule has 1 aliphatic carbocycles. The maximum Gasteiger partial charge on any atom is 0.270 e. The first-order chi connectivity index (χ1) is 27.6. The van der Waals surface area contributed by atoms with Gasteiger partial charge in [0.05, 0.1) is 34.0 Å². The first-order valence-electron chi connectivity index (χ1n) is 19.9. The van der Waals surface area contributed by atoms with Crippen LogP contribution in [-0.4, -0.2) is 106 Å². The average Bonchev–Trinajstić information content (AvgIpc) is 3.45. The molecule has 15 heteroatoms. The predicted octanol–water partition coefficient (Wildman–Crippen LogP) is 2.78. The Morgan fingerprint density at radius 1 is 0.842 bits per heavy atom. The van der Waals surface area contributed by atoms with Crippen LogP contribution in [-0.2, 0) is 22.6 Å². The van der Waals surface area contributed by atoms with Crippen molar-refractivity contribution in [2.45, 2.75) is 70.5 Å². The van der Waals surface area contributed by atoms with Gasteiger partial charge in [0.1, 0.15) is 11.7 Å². The minimum atomic E-state index is -0.985. The molecule has 57 heavy (non-hydrogen) atoms. The summed E-state index contributed by atoms with van der Waals surface area (Å²) in [6.45, 7) is 7.76. The molecular formula is C42H45N9O6. The fourth-order valence-electron chi connectivity index (χ4n) is 9.20. The Labute approximate surface area is 328 Å². The summed E-state index contributed by atoms with van der Waals surface area (Å²) < 4.78 is 0. The van der Waals surface area contributed by atoms with E-state index in [9.17, 15) is 28.8 Å². The third kappa shape index (κ3) is 6.94. The second-order valence-electron chi connectivity index (χ2n) is 16.2. The molecule has 4 fully saturated rings. The number of hydrogen-bond donors (Lipinski definition) is 3. The molecule has 1 saturated carbocycles. The Bertz CT molecular complexity index is 2350. The smallest absolute Gasteiger partial charge is 0.270 e. The number of hydrogen-bond acceptors (Lipinski definition) is 11. The number of aromatic amines is 1. The second kappa shape index (κ2) is 14.5. The van der Waals surface area contributed by atoms with Crippen LogP contribution in [0.25, 0.3) is 11.0 Å². The summed E-state index contributed by atoms with van der Waals surface area (Å²) in [5, 5.41) is 5.44. The Morgan fingerprint density at radius 2 is 1.60 bits per heavy atom. The van der Waals surface area contributed by atoms with Gasteiger partial charge >= 0.3 is 0 Å². The quantitative estimate of drug-likeness (QED) is 0.224. The Morgan fingerprint density at radius 3 is 2.32 bits per heavy atom. The van der Waals surface area contributed by atoms with Crippen molar-refractivity contribution in [3.8, 4) is 0 Å². The minimum absolute atomic E-state index is 0.0558. The van der Waals surface area contributed by atoms with Crippen LogP contribution < -0.4 is 26.0 Å². The van der Waals surface area contributed by atoms with Crippen LogP contribution in [0.3, 0.4) is 0 Å². The van der Waals surface area contributed by atoms with E-state index in [1.807, 2.05) is 37.4 Å². The third-order valence-electron chi connectivity index (χ3n) is 12.6. The molecule has 3 aromatic heterocycles. The number of nitrogens with zero attached hydrogens (tertiary/aromatic N) is 6. The van der Waals surface area contributed by atoms with E-state index < -0.39 is 29.7 Å². The van der Waals surface area contributed by atoms with E-state index in [0.29, 0.717) is 12.1 Å². The minimum Gasteiger partial charge on any atom is -0.370 e. The standard InChI is InChI=1S/C42H45N9O6/c1-2-26-18-33-34(46-37(26)53)17-25(20-43-33)22-48-13-15-49(16-14-48)29-4-6-32(44-21-29)38(54)45-27-9-11-42(12-10-27)23-50(24-42)28-3-5-30-31(19-28)41(57)51(40(30)56)35-7-8-36(52)47-39(35)55/h3-6,17-21,27,35H,2,7-16,22-24H2,1H3,(H,45,54)(H,46,53)(H,47,52,55). The summed E-state index contributed by atoms with van der Waals surface area (Å²) in [7, 11) is 0. The molecule has 5 amide bonds. The van der Waals surface area contributed by atoms with Gasteiger partial charge in [0.2, 0.25) is 11.8 Å². The summed E-state index contributed by atoms with van der Waals surface area (Å²) in [6.07, 6.45) is 8.22. The molecule has 1 unspecified atom stereocenters. The van der Waals surface area contributed by atoms with Crippen molar-refractivity contribution in [3.05, 3.63) is 93.2 Å². The van der Waals surface area contributed by atoms with Crippen LogP contribution in [0.4, 0.5) is 11.4 Å². The Balaban J connectivity index is 0.729. The monoisotopic (exact) mass is 771 g/mol. The van der Waals surface area contributed by atoms with Crippen molar-refractivity contribution in [2.24, 2.45) is 5.41 Å². The molecule has 1 spiro atoms. The van der Waals surface area contributed by atoms with E-state index in [0.717, 1.165) is 110 Å². The molecular weight excluding hydrogens is 727 g/mol. The number of carbonyl (C=O) groups is 5. The number of pyridine rings is 3. The molecule has 4 aliphatic heterocycles. The third-order valence-corrected chi connectivity index (χ3v) is 12.6. The van der Waals surface area contributed by atoms with Crippen LogP contribution in [0.5, 0.6) is 0 Å². The summed E-state index contributed by atoms with van der Waals surface area (Å²) >= 11 is 0. The highest BCUT2D eigenvalue weighted by Gasteiger charge is 2.48. The van der Waals surface area contributed by atoms with Crippen molar-refractivity contribution < 1.29 is 24.0 Å². The lowest BCUT2D eigenvalue weighted by molar-refractivity contribution is -0.136. The number of aromatic nitrogens is 3. The average molecular weight is 772 g/mol. The number of carbonyl (C=O) groups excluding carboxylic acids is 5. The molecule has 0 radical (unpaired) electrons. The molecule has 1 aromatic carbocycles. The molecule has 294 valence electrons. The van der Waals surface area contributed by atoms with Gasteiger partial charge < -0.3 is 20.1 Å². The molecule has 1 atom stereocenters. The zero-order valence-corrected chi connectivity index (χ0v) is 31.9. The number of nitrogens with one attached hydrogen (secondary N) is 3. The van der Waals surface area contributed by atoms with Crippen molar-refractivity contribution >= 4 is 51.9 Å². The number of fused-ring (bicyclic) bond motifs is 2. The number of rotatable bonds is 8. The fourth-order valence-corrected chi connectivity index (χ4v) is 9.20. The first-order valence-corrected chi connectivity index (χ1v) is 19.9. The molecule has 3 N–H and O–H groups in total. The van der Waals surface area contributed by atoms with E-state index in [1.54, 1.807) is 24.4 Å². The number of imide groups is 2. The summed E-state index contributed by atoms with van der Waals surface area (Å²) in [5.41, 5.74) is 6.27. The molecule has 7 heterocycles.